The van der Waals surface area contributed by atoms with Crippen molar-refractivity contribution >= 4 is 6.47 Å². The van der Waals surface area contributed by atoms with Gasteiger partial charge in [0.1, 0.15) is 6.10 Å². The number of hydrogen-bond acceptors (Lipinski definition) is 5. The lowest BCUT2D eigenvalue weighted by molar-refractivity contribution is -0.176. The van der Waals surface area contributed by atoms with Gasteiger partial charge in [-0.3, -0.25) is 4.79 Å². The van der Waals surface area contributed by atoms with Gasteiger partial charge < -0.3 is 19.7 Å². The molecule has 0 radical (unpaired) electrons. The molecule has 12 unspecified atom stereocenters. The fraction of sp³-hybridized carbons (Fsp3) is 0.970. The van der Waals surface area contributed by atoms with Crippen LogP contribution in [0.3, 0.4) is 0 Å². The molecule has 2 N–H and O–H groups in total. The molecule has 5 rings (SSSR count). The molecule has 1 heterocycles. The molecular formula is C33H56O5. The van der Waals surface area contributed by atoms with E-state index in [9.17, 15) is 15.0 Å². The largest absolute Gasteiger partial charge is 0.464 e. The Morgan fingerprint density at radius 2 is 1.63 bits per heavy atom. The molecule has 5 heteroatoms. The van der Waals surface area contributed by atoms with Crippen molar-refractivity contribution < 1.29 is 24.5 Å². The molecule has 0 amide bonds. The van der Waals surface area contributed by atoms with Gasteiger partial charge in [0, 0.05) is 5.92 Å². The van der Waals surface area contributed by atoms with Gasteiger partial charge in [-0.1, -0.05) is 34.6 Å². The summed E-state index contributed by atoms with van der Waals surface area (Å²) >= 11 is 0. The van der Waals surface area contributed by atoms with Crippen molar-refractivity contribution in [2.45, 2.75) is 149 Å². The number of carbonyl (C=O) groups excluding carboxylic acids is 1. The van der Waals surface area contributed by atoms with Gasteiger partial charge in [-0.2, -0.15) is 0 Å². The number of aliphatic hydroxyl groups is 2. The van der Waals surface area contributed by atoms with E-state index in [0.717, 1.165) is 38.5 Å². The summed E-state index contributed by atoms with van der Waals surface area (Å²) in [5.41, 5.74) is -1.19. The Balaban J connectivity index is 1.46. The number of hydrogen-bond donors (Lipinski definition) is 2. The third kappa shape index (κ3) is 4.40. The van der Waals surface area contributed by atoms with E-state index in [4.69, 9.17) is 9.47 Å². The molecule has 4 saturated carbocycles. The van der Waals surface area contributed by atoms with E-state index in [1.807, 2.05) is 13.8 Å². The Kier molecular flexibility index (Phi) is 7.17. The van der Waals surface area contributed by atoms with Crippen LogP contribution in [-0.2, 0) is 14.3 Å². The maximum atomic E-state index is 11.7. The highest BCUT2D eigenvalue weighted by atomic mass is 16.5. The molecule has 5 nitrogen and oxygen atoms in total. The first-order chi connectivity index (χ1) is 17.6. The van der Waals surface area contributed by atoms with Crippen molar-refractivity contribution in [1.29, 1.82) is 0 Å². The zero-order valence-electron chi connectivity index (χ0n) is 25.5. The van der Waals surface area contributed by atoms with Crippen LogP contribution in [0.15, 0.2) is 0 Å². The minimum atomic E-state index is -0.893. The van der Waals surface area contributed by atoms with Crippen LogP contribution in [-0.4, -0.2) is 46.2 Å². The Bertz CT molecular complexity index is 894. The molecule has 12 atom stereocenters. The molecule has 0 bridgehead atoms. The fourth-order valence-electron chi connectivity index (χ4n) is 11.1. The predicted octanol–water partition coefficient (Wildman–Crippen LogP) is 6.53. The monoisotopic (exact) mass is 532 g/mol. The molecule has 0 aromatic rings. The minimum Gasteiger partial charge on any atom is -0.464 e. The van der Waals surface area contributed by atoms with Gasteiger partial charge in [-0.25, -0.2) is 0 Å². The van der Waals surface area contributed by atoms with Crippen LogP contribution >= 0.6 is 0 Å². The predicted molar refractivity (Wildman–Crippen MR) is 149 cm³/mol. The summed E-state index contributed by atoms with van der Waals surface area (Å²) in [5.74, 6) is 2.91. The summed E-state index contributed by atoms with van der Waals surface area (Å²) in [5, 5.41) is 22.5. The second-order valence-corrected chi connectivity index (χ2v) is 16.4. The van der Waals surface area contributed by atoms with Crippen molar-refractivity contribution in [3.63, 3.8) is 0 Å². The molecule has 1 saturated heterocycles. The van der Waals surface area contributed by atoms with E-state index >= 15 is 0 Å². The molecular weight excluding hydrogens is 476 g/mol. The number of fused-ring (bicyclic) bond motifs is 3. The number of ether oxygens (including phenoxy) is 2. The van der Waals surface area contributed by atoms with Crippen molar-refractivity contribution in [1.82, 2.24) is 0 Å². The quantitative estimate of drug-likeness (QED) is 0.403. The highest BCUT2D eigenvalue weighted by Crippen LogP contribution is 2.69. The highest BCUT2D eigenvalue weighted by molar-refractivity contribution is 5.38. The summed E-state index contributed by atoms with van der Waals surface area (Å²) in [4.78, 5) is 11.7. The Hall–Kier alpha value is -0.650. The summed E-state index contributed by atoms with van der Waals surface area (Å²) in [6.07, 6.45) is 10.00. The first kappa shape index (κ1) is 28.9. The number of rotatable bonds is 4. The van der Waals surface area contributed by atoms with E-state index in [1.54, 1.807) is 0 Å². The second-order valence-electron chi connectivity index (χ2n) is 16.4. The molecule has 218 valence electrons. The molecule has 1 aliphatic heterocycles. The third-order valence-electron chi connectivity index (χ3n) is 13.7. The third-order valence-corrected chi connectivity index (χ3v) is 13.7. The SMILES string of the molecule is CC1CCC2CC3CCC4(C)C(C5(C)CCC(C(C)(C)O)O5)C(OC=O)CC4(C)CC3CC(O)C2C1(C)C. The fourth-order valence-corrected chi connectivity index (χ4v) is 11.1. The Morgan fingerprint density at radius 1 is 0.921 bits per heavy atom. The molecule has 5 fully saturated rings. The lowest BCUT2D eigenvalue weighted by Crippen LogP contribution is -2.51. The van der Waals surface area contributed by atoms with E-state index in [2.05, 4.69) is 41.5 Å². The molecule has 0 aromatic carbocycles. The second kappa shape index (κ2) is 9.44. The highest BCUT2D eigenvalue weighted by Gasteiger charge is 2.68. The van der Waals surface area contributed by atoms with Gasteiger partial charge in [0.25, 0.3) is 6.47 Å². The summed E-state index contributed by atoms with van der Waals surface area (Å²) in [6.45, 7) is 18.6. The van der Waals surface area contributed by atoms with E-state index in [-0.39, 0.29) is 40.5 Å². The van der Waals surface area contributed by atoms with Crippen molar-refractivity contribution in [2.24, 2.45) is 51.8 Å². The van der Waals surface area contributed by atoms with Crippen LogP contribution < -0.4 is 0 Å². The Labute approximate surface area is 231 Å². The molecule has 4 aliphatic carbocycles. The normalized spacial score (nSPS) is 52.7. The van der Waals surface area contributed by atoms with E-state index < -0.39 is 11.2 Å². The summed E-state index contributed by atoms with van der Waals surface area (Å²) in [6, 6.07) is 0. The van der Waals surface area contributed by atoms with Gasteiger partial charge >= 0.3 is 0 Å². The summed E-state index contributed by atoms with van der Waals surface area (Å²) in [7, 11) is 0. The van der Waals surface area contributed by atoms with Crippen molar-refractivity contribution in [3.8, 4) is 0 Å². The van der Waals surface area contributed by atoms with Crippen LogP contribution in [0, 0.1) is 51.8 Å². The van der Waals surface area contributed by atoms with Crippen molar-refractivity contribution in [3.05, 3.63) is 0 Å². The van der Waals surface area contributed by atoms with Crippen LogP contribution in [0.4, 0.5) is 0 Å². The van der Waals surface area contributed by atoms with Crippen LogP contribution in [0.1, 0.15) is 120 Å². The maximum absolute atomic E-state index is 11.7. The zero-order valence-corrected chi connectivity index (χ0v) is 25.5. The first-order valence-electron chi connectivity index (χ1n) is 15.7. The van der Waals surface area contributed by atoms with Gasteiger partial charge in [0.2, 0.25) is 0 Å². The average molecular weight is 533 g/mol. The van der Waals surface area contributed by atoms with E-state index in [1.165, 1.54) is 25.7 Å². The molecule has 0 spiro atoms. The smallest absolute Gasteiger partial charge is 0.293 e. The average Bonchev–Trinajstić information content (AvgIpc) is 3.21. The molecule has 38 heavy (non-hydrogen) atoms. The lowest BCUT2D eigenvalue weighted by Gasteiger charge is -2.50. The molecule has 0 aromatic heterocycles. The van der Waals surface area contributed by atoms with E-state index in [0.29, 0.717) is 36.1 Å². The number of carbonyl (C=O) groups is 1. The summed E-state index contributed by atoms with van der Waals surface area (Å²) < 4.78 is 12.7. The van der Waals surface area contributed by atoms with Gasteiger partial charge in [-0.05, 0) is 131 Å². The zero-order chi connectivity index (χ0) is 27.9. The van der Waals surface area contributed by atoms with Gasteiger partial charge in [-0.15, -0.1) is 0 Å². The minimum absolute atomic E-state index is 0.00198. The number of aliphatic hydroxyl groups excluding tert-OH is 1. The Morgan fingerprint density at radius 3 is 2.26 bits per heavy atom. The standard InChI is InChI=1S/C33H56O5/c1-20-9-10-22-15-21-11-13-32(7)28(33(8)14-12-26(38-33)30(4,5)36)25(37-19-34)18-31(32,6)17-23(21)16-24(35)27(22)29(20,2)3/h19-28,35-36H,9-18H2,1-8H3. The maximum Gasteiger partial charge on any atom is 0.293 e. The first-order valence-corrected chi connectivity index (χ1v) is 15.7. The van der Waals surface area contributed by atoms with Crippen LogP contribution in [0.5, 0.6) is 0 Å². The van der Waals surface area contributed by atoms with Crippen molar-refractivity contribution in [2.75, 3.05) is 0 Å². The van der Waals surface area contributed by atoms with Crippen LogP contribution in [0.25, 0.3) is 0 Å². The van der Waals surface area contributed by atoms with Crippen LogP contribution in [0.2, 0.25) is 0 Å². The van der Waals surface area contributed by atoms with Gasteiger partial charge in [0.15, 0.2) is 0 Å². The van der Waals surface area contributed by atoms with Gasteiger partial charge in [0.05, 0.1) is 23.4 Å². The molecule has 5 aliphatic rings. The topological polar surface area (TPSA) is 76.0 Å². The lowest BCUT2D eigenvalue weighted by atomic mass is 9.56.